The molecule has 1 aromatic carbocycles. The largest absolute Gasteiger partial charge is 0.504 e. The van der Waals surface area contributed by atoms with E-state index in [9.17, 15) is 10.2 Å². The van der Waals surface area contributed by atoms with Gasteiger partial charge in [-0.25, -0.2) is 0 Å². The monoisotopic (exact) mass is 285 g/mol. The molecule has 1 aliphatic rings. The summed E-state index contributed by atoms with van der Waals surface area (Å²) in [6.45, 7) is 2.16. The third-order valence-electron chi connectivity index (χ3n) is 3.09. The Hall–Kier alpha value is -0.740. The number of phenolic OH excluding ortho intramolecular Hbond substituents is 2. The summed E-state index contributed by atoms with van der Waals surface area (Å²) in [7, 11) is 0. The number of piperidine rings is 1. The summed E-state index contributed by atoms with van der Waals surface area (Å²) >= 11 is 3.24. The van der Waals surface area contributed by atoms with E-state index in [0.29, 0.717) is 10.4 Å². The van der Waals surface area contributed by atoms with Gasteiger partial charge in [0.25, 0.3) is 0 Å². The summed E-state index contributed by atoms with van der Waals surface area (Å²) in [6.07, 6.45) is 3.33. The maximum atomic E-state index is 9.52. The number of rotatable bonds is 2. The number of benzene rings is 1. The van der Waals surface area contributed by atoms with Crippen LogP contribution in [0.15, 0.2) is 16.6 Å². The lowest BCUT2D eigenvalue weighted by Gasteiger charge is -2.22. The topological polar surface area (TPSA) is 52.5 Å². The van der Waals surface area contributed by atoms with E-state index in [1.54, 1.807) is 6.07 Å². The zero-order valence-corrected chi connectivity index (χ0v) is 10.6. The Morgan fingerprint density at radius 1 is 1.25 bits per heavy atom. The van der Waals surface area contributed by atoms with Crippen LogP contribution in [-0.2, 0) is 6.42 Å². The van der Waals surface area contributed by atoms with E-state index in [2.05, 4.69) is 21.2 Å². The van der Waals surface area contributed by atoms with Crippen LogP contribution in [0.25, 0.3) is 0 Å². The molecule has 1 fully saturated rings. The summed E-state index contributed by atoms with van der Waals surface area (Å²) < 4.78 is 0.566. The quantitative estimate of drug-likeness (QED) is 0.732. The van der Waals surface area contributed by atoms with Gasteiger partial charge in [-0.15, -0.1) is 0 Å². The first-order valence-electron chi connectivity index (χ1n) is 5.58. The Bertz CT molecular complexity index is 352. The molecule has 3 nitrogen and oxygen atoms in total. The third kappa shape index (κ3) is 2.68. The van der Waals surface area contributed by atoms with E-state index in [4.69, 9.17) is 0 Å². The predicted molar refractivity (Wildman–Crippen MR) is 66.8 cm³/mol. The van der Waals surface area contributed by atoms with Gasteiger partial charge in [-0.1, -0.05) is 0 Å². The van der Waals surface area contributed by atoms with Crippen molar-refractivity contribution < 1.29 is 10.2 Å². The van der Waals surface area contributed by atoms with Gasteiger partial charge in [0.15, 0.2) is 11.5 Å². The Morgan fingerprint density at radius 3 is 2.56 bits per heavy atom. The van der Waals surface area contributed by atoms with E-state index >= 15 is 0 Å². The zero-order valence-electron chi connectivity index (χ0n) is 9.04. The molecule has 0 bridgehead atoms. The maximum absolute atomic E-state index is 9.52. The smallest absolute Gasteiger partial charge is 0.171 e. The molecule has 0 spiro atoms. The van der Waals surface area contributed by atoms with Crippen LogP contribution >= 0.6 is 15.9 Å². The SMILES string of the molecule is Oc1cc(CC2CCNCC2)cc(Br)c1O. The van der Waals surface area contributed by atoms with Crippen LogP contribution in [-0.4, -0.2) is 23.3 Å². The highest BCUT2D eigenvalue weighted by atomic mass is 79.9. The summed E-state index contributed by atoms with van der Waals surface area (Å²) in [5.74, 6) is 0.560. The summed E-state index contributed by atoms with van der Waals surface area (Å²) in [6, 6.07) is 3.54. The first kappa shape index (κ1) is 11.7. The average Bonchev–Trinajstić information content (AvgIpc) is 2.27. The molecule has 0 aromatic heterocycles. The van der Waals surface area contributed by atoms with Crippen LogP contribution < -0.4 is 5.32 Å². The highest BCUT2D eigenvalue weighted by Crippen LogP contribution is 2.35. The van der Waals surface area contributed by atoms with Crippen molar-refractivity contribution in [2.45, 2.75) is 19.3 Å². The molecule has 0 unspecified atom stereocenters. The van der Waals surface area contributed by atoms with Gasteiger partial charge in [0.1, 0.15) is 0 Å². The molecule has 0 atom stereocenters. The highest BCUT2D eigenvalue weighted by molar-refractivity contribution is 9.10. The van der Waals surface area contributed by atoms with Crippen molar-refractivity contribution in [1.82, 2.24) is 5.32 Å². The lowest BCUT2D eigenvalue weighted by Crippen LogP contribution is -2.28. The molecule has 1 heterocycles. The lowest BCUT2D eigenvalue weighted by atomic mass is 9.91. The average molecular weight is 286 g/mol. The maximum Gasteiger partial charge on any atom is 0.171 e. The third-order valence-corrected chi connectivity index (χ3v) is 3.69. The van der Waals surface area contributed by atoms with Crippen molar-refractivity contribution >= 4 is 15.9 Å². The van der Waals surface area contributed by atoms with Crippen LogP contribution in [0.5, 0.6) is 11.5 Å². The molecule has 2 rings (SSSR count). The van der Waals surface area contributed by atoms with Crippen LogP contribution in [0.1, 0.15) is 18.4 Å². The van der Waals surface area contributed by atoms with E-state index in [1.165, 1.54) is 12.8 Å². The second kappa shape index (κ2) is 5.06. The van der Waals surface area contributed by atoms with Gasteiger partial charge >= 0.3 is 0 Å². The Kier molecular flexibility index (Phi) is 3.71. The lowest BCUT2D eigenvalue weighted by molar-refractivity contribution is 0.370. The number of phenols is 2. The van der Waals surface area contributed by atoms with Gasteiger partial charge < -0.3 is 15.5 Å². The van der Waals surface area contributed by atoms with Crippen molar-refractivity contribution in [3.63, 3.8) is 0 Å². The number of hydrogen-bond donors (Lipinski definition) is 3. The molecule has 1 aliphatic heterocycles. The van der Waals surface area contributed by atoms with E-state index in [-0.39, 0.29) is 11.5 Å². The molecule has 1 saturated heterocycles. The fourth-order valence-corrected chi connectivity index (χ4v) is 2.67. The molecule has 4 heteroatoms. The molecule has 88 valence electrons. The molecule has 0 radical (unpaired) electrons. The Morgan fingerprint density at radius 2 is 1.94 bits per heavy atom. The zero-order chi connectivity index (χ0) is 11.5. The first-order valence-corrected chi connectivity index (χ1v) is 6.37. The fourth-order valence-electron chi connectivity index (χ4n) is 2.18. The minimum atomic E-state index is -0.0749. The molecule has 1 aromatic rings. The van der Waals surface area contributed by atoms with Gasteiger partial charge in [0.05, 0.1) is 4.47 Å². The Labute approximate surface area is 104 Å². The normalized spacial score (nSPS) is 17.6. The summed E-state index contributed by atoms with van der Waals surface area (Å²) in [4.78, 5) is 0. The molecular formula is C12H16BrNO2. The van der Waals surface area contributed by atoms with Crippen LogP contribution in [0.2, 0.25) is 0 Å². The number of nitrogens with one attached hydrogen (secondary N) is 1. The predicted octanol–water partition coefficient (Wildman–Crippen LogP) is 2.40. The number of aromatic hydroxyl groups is 2. The second-order valence-electron chi connectivity index (χ2n) is 4.34. The highest BCUT2D eigenvalue weighted by Gasteiger charge is 2.15. The molecule has 0 saturated carbocycles. The van der Waals surface area contributed by atoms with Gasteiger partial charge in [-0.3, -0.25) is 0 Å². The standard InChI is InChI=1S/C12H16BrNO2/c13-10-6-9(7-11(15)12(10)16)5-8-1-3-14-4-2-8/h6-8,14-16H,1-5H2. The van der Waals surface area contributed by atoms with Crippen LogP contribution in [0, 0.1) is 5.92 Å². The van der Waals surface area contributed by atoms with Gasteiger partial charge in [0.2, 0.25) is 0 Å². The van der Waals surface area contributed by atoms with Crippen molar-refractivity contribution in [1.29, 1.82) is 0 Å². The summed E-state index contributed by atoms with van der Waals surface area (Å²) in [5, 5.41) is 22.3. The van der Waals surface area contributed by atoms with Crippen molar-refractivity contribution in [2.24, 2.45) is 5.92 Å². The van der Waals surface area contributed by atoms with Crippen molar-refractivity contribution in [2.75, 3.05) is 13.1 Å². The van der Waals surface area contributed by atoms with Gasteiger partial charge in [-0.05, 0) is 71.9 Å². The molecule has 0 amide bonds. The number of hydrogen-bond acceptors (Lipinski definition) is 3. The minimum Gasteiger partial charge on any atom is -0.504 e. The van der Waals surface area contributed by atoms with Crippen molar-refractivity contribution in [3.8, 4) is 11.5 Å². The second-order valence-corrected chi connectivity index (χ2v) is 5.20. The summed E-state index contributed by atoms with van der Waals surface area (Å²) in [5.41, 5.74) is 1.08. The Balaban J connectivity index is 2.09. The molecule has 3 N–H and O–H groups in total. The van der Waals surface area contributed by atoms with Gasteiger partial charge in [-0.2, -0.15) is 0 Å². The van der Waals surface area contributed by atoms with E-state index in [0.717, 1.165) is 25.1 Å². The first-order chi connectivity index (χ1) is 7.66. The van der Waals surface area contributed by atoms with Crippen molar-refractivity contribution in [3.05, 3.63) is 22.2 Å². The molecule has 16 heavy (non-hydrogen) atoms. The minimum absolute atomic E-state index is 0.0432. The van der Waals surface area contributed by atoms with Crippen LogP contribution in [0.4, 0.5) is 0 Å². The molecule has 0 aliphatic carbocycles. The van der Waals surface area contributed by atoms with Gasteiger partial charge in [0, 0.05) is 0 Å². The fraction of sp³-hybridized carbons (Fsp3) is 0.500. The van der Waals surface area contributed by atoms with E-state index < -0.39 is 0 Å². The number of halogens is 1. The molecular weight excluding hydrogens is 270 g/mol. The van der Waals surface area contributed by atoms with Crippen LogP contribution in [0.3, 0.4) is 0 Å². The van der Waals surface area contributed by atoms with E-state index in [1.807, 2.05) is 6.07 Å².